The number of benzene rings is 2. The Balaban J connectivity index is 1.95. The highest BCUT2D eigenvalue weighted by atomic mass is 16.5. The molecule has 1 aromatic heterocycles. The number of hydrogen-bond acceptors (Lipinski definition) is 6. The van der Waals surface area contributed by atoms with Gasteiger partial charge in [-0.3, -0.25) is 0 Å². The van der Waals surface area contributed by atoms with E-state index in [0.717, 1.165) is 5.75 Å². The second-order valence-corrected chi connectivity index (χ2v) is 4.90. The van der Waals surface area contributed by atoms with Crippen LogP contribution in [0.15, 0.2) is 55.0 Å². The van der Waals surface area contributed by atoms with Gasteiger partial charge in [0.1, 0.15) is 35.0 Å². The normalized spacial score (nSPS) is 10.2. The second kappa shape index (κ2) is 6.87. The summed E-state index contributed by atoms with van der Waals surface area (Å²) >= 11 is 0. The van der Waals surface area contributed by atoms with Crippen molar-refractivity contribution in [2.75, 3.05) is 14.2 Å². The van der Waals surface area contributed by atoms with Crippen molar-refractivity contribution in [3.8, 4) is 40.0 Å². The molecule has 0 aliphatic rings. The van der Waals surface area contributed by atoms with E-state index >= 15 is 0 Å². The first kappa shape index (κ1) is 15.6. The van der Waals surface area contributed by atoms with Gasteiger partial charge in [0.2, 0.25) is 0 Å². The number of methoxy groups -OCH3 is 2. The summed E-state index contributed by atoms with van der Waals surface area (Å²) < 4.78 is 16.1. The van der Waals surface area contributed by atoms with Crippen LogP contribution < -0.4 is 14.2 Å². The molecule has 122 valence electrons. The lowest BCUT2D eigenvalue weighted by atomic mass is 10.1. The van der Waals surface area contributed by atoms with E-state index in [9.17, 15) is 5.11 Å². The Kier molecular flexibility index (Phi) is 4.47. The summed E-state index contributed by atoms with van der Waals surface area (Å²) in [6.45, 7) is 0. The lowest BCUT2D eigenvalue weighted by molar-refractivity contribution is 0.408. The summed E-state index contributed by atoms with van der Waals surface area (Å²) in [7, 11) is 3.14. The molecule has 0 saturated heterocycles. The fourth-order valence-corrected chi connectivity index (χ4v) is 2.20. The van der Waals surface area contributed by atoms with Crippen molar-refractivity contribution < 1.29 is 19.3 Å². The summed E-state index contributed by atoms with van der Waals surface area (Å²) in [6.07, 6.45) is 2.95. The zero-order chi connectivity index (χ0) is 16.9. The van der Waals surface area contributed by atoms with Crippen LogP contribution in [0.4, 0.5) is 0 Å². The van der Waals surface area contributed by atoms with Crippen LogP contribution >= 0.6 is 0 Å². The summed E-state index contributed by atoms with van der Waals surface area (Å²) in [4.78, 5) is 8.23. The van der Waals surface area contributed by atoms with Gasteiger partial charge >= 0.3 is 0 Å². The first-order chi connectivity index (χ1) is 11.7. The number of ether oxygens (including phenoxy) is 3. The maximum absolute atomic E-state index is 10.2. The van der Waals surface area contributed by atoms with Gasteiger partial charge in [-0.25, -0.2) is 9.97 Å². The smallest absolute Gasteiger partial charge is 0.172 e. The van der Waals surface area contributed by atoms with Crippen molar-refractivity contribution in [1.82, 2.24) is 9.97 Å². The van der Waals surface area contributed by atoms with Crippen LogP contribution in [0.5, 0.6) is 28.7 Å². The Hall–Kier alpha value is -3.28. The predicted molar refractivity (Wildman–Crippen MR) is 88.8 cm³/mol. The van der Waals surface area contributed by atoms with E-state index < -0.39 is 0 Å². The van der Waals surface area contributed by atoms with E-state index in [-0.39, 0.29) is 5.75 Å². The van der Waals surface area contributed by atoms with Gasteiger partial charge in [0.25, 0.3) is 0 Å². The van der Waals surface area contributed by atoms with Gasteiger partial charge in [-0.05, 0) is 36.4 Å². The van der Waals surface area contributed by atoms with Crippen molar-refractivity contribution in [2.24, 2.45) is 0 Å². The van der Waals surface area contributed by atoms with Crippen LogP contribution in [0.25, 0.3) is 11.3 Å². The average Bonchev–Trinajstić information content (AvgIpc) is 2.63. The standard InChI is InChI=1S/C18H16N2O4/c1-22-12-3-5-13(6-4-12)24-17-10-19-11-20-18(17)15-8-7-14(23-2)9-16(15)21/h3-11,21H,1-2H3. The minimum atomic E-state index is 0.0487. The Bertz CT molecular complexity index is 835. The molecule has 0 atom stereocenters. The number of phenolic OH excluding ortho intramolecular Hbond substituents is 1. The first-order valence-electron chi connectivity index (χ1n) is 7.20. The lowest BCUT2D eigenvalue weighted by Crippen LogP contribution is -1.93. The molecule has 0 radical (unpaired) electrons. The Labute approximate surface area is 139 Å². The molecule has 3 aromatic rings. The third-order valence-corrected chi connectivity index (χ3v) is 3.43. The molecule has 2 aromatic carbocycles. The molecule has 0 aliphatic heterocycles. The Morgan fingerprint density at radius 1 is 0.875 bits per heavy atom. The van der Waals surface area contributed by atoms with Crippen LogP contribution in [0.1, 0.15) is 0 Å². The minimum Gasteiger partial charge on any atom is -0.507 e. The number of phenols is 1. The highest BCUT2D eigenvalue weighted by Crippen LogP contribution is 2.37. The SMILES string of the molecule is COc1ccc(Oc2cncnc2-c2ccc(OC)cc2O)cc1. The fourth-order valence-electron chi connectivity index (χ4n) is 2.20. The number of aromatic nitrogens is 2. The van der Waals surface area contributed by atoms with Crippen LogP contribution in [-0.2, 0) is 0 Å². The van der Waals surface area contributed by atoms with Crippen LogP contribution in [0.3, 0.4) is 0 Å². The molecule has 0 bridgehead atoms. The van der Waals surface area contributed by atoms with E-state index in [4.69, 9.17) is 14.2 Å². The van der Waals surface area contributed by atoms with Crippen LogP contribution in [-0.4, -0.2) is 29.3 Å². The largest absolute Gasteiger partial charge is 0.507 e. The van der Waals surface area contributed by atoms with Crippen molar-refractivity contribution in [1.29, 1.82) is 0 Å². The van der Waals surface area contributed by atoms with Crippen LogP contribution in [0.2, 0.25) is 0 Å². The summed E-state index contributed by atoms with van der Waals surface area (Å²) in [6, 6.07) is 12.1. The molecular weight excluding hydrogens is 308 g/mol. The average molecular weight is 324 g/mol. The summed E-state index contributed by atoms with van der Waals surface area (Å²) in [5.41, 5.74) is 1.02. The van der Waals surface area contributed by atoms with Crippen LogP contribution in [0, 0.1) is 0 Å². The van der Waals surface area contributed by atoms with E-state index in [1.807, 2.05) is 0 Å². The quantitative estimate of drug-likeness (QED) is 0.772. The highest BCUT2D eigenvalue weighted by molar-refractivity contribution is 5.72. The third-order valence-electron chi connectivity index (χ3n) is 3.43. The fraction of sp³-hybridized carbons (Fsp3) is 0.111. The molecule has 6 heteroatoms. The molecule has 24 heavy (non-hydrogen) atoms. The topological polar surface area (TPSA) is 73.7 Å². The molecule has 6 nitrogen and oxygen atoms in total. The van der Waals surface area contributed by atoms with Gasteiger partial charge < -0.3 is 19.3 Å². The van der Waals surface area contributed by atoms with Gasteiger partial charge in [0, 0.05) is 11.6 Å². The number of rotatable bonds is 5. The van der Waals surface area contributed by atoms with Gasteiger partial charge in [-0.1, -0.05) is 0 Å². The number of nitrogens with zero attached hydrogens (tertiary/aromatic N) is 2. The van der Waals surface area contributed by atoms with Crippen molar-refractivity contribution in [3.05, 3.63) is 55.0 Å². The number of hydrogen-bond donors (Lipinski definition) is 1. The van der Waals surface area contributed by atoms with E-state index in [1.54, 1.807) is 49.7 Å². The molecule has 0 spiro atoms. The van der Waals surface area contributed by atoms with Crippen molar-refractivity contribution in [2.45, 2.75) is 0 Å². The molecule has 0 unspecified atom stereocenters. The van der Waals surface area contributed by atoms with Crippen molar-refractivity contribution in [3.63, 3.8) is 0 Å². The maximum Gasteiger partial charge on any atom is 0.172 e. The molecule has 0 fully saturated rings. The van der Waals surface area contributed by atoms with E-state index in [2.05, 4.69) is 9.97 Å². The van der Waals surface area contributed by atoms with E-state index in [0.29, 0.717) is 28.5 Å². The molecule has 3 rings (SSSR count). The first-order valence-corrected chi connectivity index (χ1v) is 7.20. The zero-order valence-corrected chi connectivity index (χ0v) is 13.3. The highest BCUT2D eigenvalue weighted by Gasteiger charge is 2.14. The Morgan fingerprint density at radius 2 is 1.54 bits per heavy atom. The van der Waals surface area contributed by atoms with Crippen molar-refractivity contribution >= 4 is 0 Å². The van der Waals surface area contributed by atoms with Gasteiger partial charge in [0.15, 0.2) is 5.75 Å². The molecule has 0 amide bonds. The minimum absolute atomic E-state index is 0.0487. The summed E-state index contributed by atoms with van der Waals surface area (Å²) in [5, 5.41) is 10.2. The monoisotopic (exact) mass is 324 g/mol. The maximum atomic E-state index is 10.2. The third kappa shape index (κ3) is 3.22. The van der Waals surface area contributed by atoms with E-state index in [1.165, 1.54) is 19.5 Å². The van der Waals surface area contributed by atoms with Gasteiger partial charge in [-0.15, -0.1) is 0 Å². The molecular formula is C18H16N2O4. The predicted octanol–water partition coefficient (Wildman–Crippen LogP) is 3.66. The Morgan fingerprint density at radius 3 is 2.21 bits per heavy atom. The zero-order valence-electron chi connectivity index (χ0n) is 13.3. The van der Waals surface area contributed by atoms with Gasteiger partial charge in [-0.2, -0.15) is 0 Å². The van der Waals surface area contributed by atoms with Gasteiger partial charge in [0.05, 0.1) is 20.4 Å². The molecule has 0 saturated carbocycles. The second-order valence-electron chi connectivity index (χ2n) is 4.90. The molecule has 0 aliphatic carbocycles. The lowest BCUT2D eigenvalue weighted by Gasteiger charge is -2.12. The number of aromatic hydroxyl groups is 1. The summed E-state index contributed by atoms with van der Waals surface area (Å²) in [5.74, 6) is 2.39. The molecule has 1 N–H and O–H groups in total. The molecule has 1 heterocycles.